The van der Waals surface area contributed by atoms with E-state index in [4.69, 9.17) is 9.05 Å². The Kier molecular flexibility index (Phi) is 9.19. The van der Waals surface area contributed by atoms with Crippen LogP contribution in [-0.2, 0) is 40.3 Å². The zero-order chi connectivity index (χ0) is 38.7. The molecule has 0 saturated carbocycles. The second kappa shape index (κ2) is 14.1. The molecule has 1 heterocycles. The van der Waals surface area contributed by atoms with Crippen LogP contribution < -0.4 is 13.5 Å². The van der Waals surface area contributed by atoms with E-state index >= 15 is 0 Å². The molecule has 0 aromatic heterocycles. The lowest BCUT2D eigenvalue weighted by molar-refractivity contribution is -0.0443. The number of aryl methyl sites for hydroxylation is 2. The molecule has 56 heavy (non-hydrogen) atoms. The van der Waals surface area contributed by atoms with Crippen LogP contribution in [0.3, 0.4) is 0 Å². The predicted molar refractivity (Wildman–Crippen MR) is 214 cm³/mol. The molecular formula is C45H37F3NO5PS. The standard InChI is InChI=1S/C45H37F3NO5PS/c46-45(47,48)56(51,52)49-55(50)53-43-39(33-23-19-31(20-24-33)29-11-3-1-4-12-29)27-35-15-7-9-17-37(35)41(43)42-38-18-10-8-16-36(38)28-40(44(42)54-55)34-25-21-32(22-26-34)30-13-5-2-6-14-30/h1-6,11-14,19-28H,7-10,15-18H2,(H,49,50). The van der Waals surface area contributed by atoms with Gasteiger partial charge in [0, 0.05) is 22.3 Å². The van der Waals surface area contributed by atoms with Crippen LogP contribution in [0.2, 0.25) is 0 Å². The number of sulfonamides is 1. The summed E-state index contributed by atoms with van der Waals surface area (Å²) in [6, 6.07) is 38.9. The summed E-state index contributed by atoms with van der Waals surface area (Å²) in [5, 5.41) is 0. The van der Waals surface area contributed by atoms with Crippen LogP contribution in [0.4, 0.5) is 13.2 Å². The molecule has 0 fully saturated rings. The summed E-state index contributed by atoms with van der Waals surface area (Å²) in [4.78, 5) is 0. The van der Waals surface area contributed by atoms with Crippen LogP contribution in [-0.4, -0.2) is 13.9 Å². The molecule has 0 spiro atoms. The Bertz CT molecular complexity index is 2470. The largest absolute Gasteiger partial charge is 0.526 e. The highest BCUT2D eigenvalue weighted by Crippen LogP contribution is 2.62. The van der Waals surface area contributed by atoms with Gasteiger partial charge in [0.2, 0.25) is 0 Å². The lowest BCUT2D eigenvalue weighted by atomic mass is 9.77. The first-order chi connectivity index (χ1) is 27.0. The van der Waals surface area contributed by atoms with Crippen molar-refractivity contribution in [1.82, 2.24) is 4.49 Å². The van der Waals surface area contributed by atoms with Gasteiger partial charge < -0.3 is 9.05 Å². The van der Waals surface area contributed by atoms with Gasteiger partial charge >= 0.3 is 23.3 Å². The average Bonchev–Trinajstić information content (AvgIpc) is 3.34. The first-order valence-electron chi connectivity index (χ1n) is 18.8. The van der Waals surface area contributed by atoms with Crippen molar-refractivity contribution in [2.24, 2.45) is 0 Å². The van der Waals surface area contributed by atoms with E-state index in [0.717, 1.165) is 83.0 Å². The molecule has 6 aromatic rings. The fourth-order valence-corrected chi connectivity index (χ4v) is 11.1. The highest BCUT2D eigenvalue weighted by atomic mass is 32.2. The molecular weight excluding hydrogens is 755 g/mol. The molecule has 0 unspecified atom stereocenters. The second-order valence-corrected chi connectivity index (χ2v) is 18.1. The molecule has 3 aliphatic rings. The maximum absolute atomic E-state index is 15.0. The summed E-state index contributed by atoms with van der Waals surface area (Å²) in [5.74, 6) is 0.0730. The predicted octanol–water partition coefficient (Wildman–Crippen LogP) is 12.1. The van der Waals surface area contributed by atoms with Gasteiger partial charge in [-0.3, -0.25) is 0 Å². The summed E-state index contributed by atoms with van der Waals surface area (Å²) in [6.07, 6.45) is 6.43. The minimum absolute atomic E-state index is 0.0365. The molecule has 6 nitrogen and oxygen atoms in total. The number of hydrogen-bond acceptors (Lipinski definition) is 5. The van der Waals surface area contributed by atoms with Crippen molar-refractivity contribution in [3.05, 3.63) is 144 Å². The average molecular weight is 792 g/mol. The Balaban J connectivity index is 1.32. The number of nitrogens with one attached hydrogen (secondary N) is 1. The first kappa shape index (κ1) is 36.5. The smallest absolute Gasteiger partial charge is 0.403 e. The third kappa shape index (κ3) is 6.63. The monoisotopic (exact) mass is 791 g/mol. The van der Waals surface area contributed by atoms with Gasteiger partial charge in [0.1, 0.15) is 11.5 Å². The highest BCUT2D eigenvalue weighted by molar-refractivity contribution is 7.95. The van der Waals surface area contributed by atoms with Gasteiger partial charge in [-0.2, -0.15) is 13.2 Å². The molecule has 0 saturated heterocycles. The molecule has 0 amide bonds. The Morgan fingerprint density at radius 3 is 1.27 bits per heavy atom. The maximum atomic E-state index is 15.0. The van der Waals surface area contributed by atoms with Gasteiger partial charge in [-0.15, -0.1) is 0 Å². The molecule has 0 bridgehead atoms. The quantitative estimate of drug-likeness (QED) is 0.170. The molecule has 11 heteroatoms. The number of fused-ring (bicyclic) bond motifs is 7. The Labute approximate surface area is 324 Å². The van der Waals surface area contributed by atoms with Crippen LogP contribution in [0.5, 0.6) is 11.5 Å². The number of rotatable bonds is 6. The van der Waals surface area contributed by atoms with Gasteiger partial charge in [0.25, 0.3) is 0 Å². The minimum atomic E-state index is -6.20. The first-order valence-corrected chi connectivity index (χ1v) is 21.8. The topological polar surface area (TPSA) is 81.7 Å². The Hall–Kier alpha value is -5.15. The molecule has 6 aromatic carbocycles. The zero-order valence-corrected chi connectivity index (χ0v) is 31.9. The van der Waals surface area contributed by atoms with E-state index < -0.39 is 23.3 Å². The van der Waals surface area contributed by atoms with Crippen molar-refractivity contribution < 1.29 is 35.2 Å². The van der Waals surface area contributed by atoms with Crippen molar-refractivity contribution in [1.29, 1.82) is 0 Å². The fourth-order valence-electron chi connectivity index (χ4n) is 8.36. The summed E-state index contributed by atoms with van der Waals surface area (Å²) >= 11 is 0. The lowest BCUT2D eigenvalue weighted by Gasteiger charge is -2.28. The molecule has 0 atom stereocenters. The highest BCUT2D eigenvalue weighted by Gasteiger charge is 2.53. The van der Waals surface area contributed by atoms with E-state index in [0.29, 0.717) is 46.2 Å². The van der Waals surface area contributed by atoms with Crippen LogP contribution in [0.25, 0.3) is 55.6 Å². The van der Waals surface area contributed by atoms with Crippen LogP contribution in [0, 0.1) is 0 Å². The number of halogens is 3. The number of hydrogen-bond donors (Lipinski definition) is 1. The van der Waals surface area contributed by atoms with Crippen molar-refractivity contribution >= 4 is 17.8 Å². The van der Waals surface area contributed by atoms with E-state index in [2.05, 4.69) is 0 Å². The molecule has 1 aliphatic heterocycles. The fraction of sp³-hybridized carbons (Fsp3) is 0.200. The van der Waals surface area contributed by atoms with Crippen molar-refractivity contribution in [3.63, 3.8) is 0 Å². The normalized spacial score (nSPS) is 15.9. The van der Waals surface area contributed by atoms with Gasteiger partial charge in [-0.25, -0.2) is 13.0 Å². The van der Waals surface area contributed by atoms with E-state index in [1.807, 2.05) is 121 Å². The Morgan fingerprint density at radius 1 is 0.518 bits per heavy atom. The molecule has 1 N–H and O–H groups in total. The maximum Gasteiger partial charge on any atom is 0.526 e. The number of benzene rings is 6. The van der Waals surface area contributed by atoms with E-state index in [-0.39, 0.29) is 11.5 Å². The lowest BCUT2D eigenvalue weighted by Crippen LogP contribution is -2.36. The third-order valence-electron chi connectivity index (χ3n) is 11.0. The minimum Gasteiger partial charge on any atom is -0.403 e. The van der Waals surface area contributed by atoms with Crippen molar-refractivity contribution in [2.75, 3.05) is 0 Å². The SMILES string of the molecule is O=P1(NS(=O)(=O)C(F)(F)F)Oc2c(-c3ccc(-c4ccccc4)cc3)cc3c(c2-c2c4c(cc(-c5ccc(-c6ccccc6)cc5)c2O1)CCCC4)CCCC3. The summed E-state index contributed by atoms with van der Waals surface area (Å²) in [5.41, 5.74) is 5.65. The summed E-state index contributed by atoms with van der Waals surface area (Å²) < 4.78 is 96.6. The molecule has 2 aliphatic carbocycles. The van der Waals surface area contributed by atoms with E-state index in [1.54, 1.807) is 0 Å². The zero-order valence-electron chi connectivity index (χ0n) is 30.2. The summed E-state index contributed by atoms with van der Waals surface area (Å²) in [7, 11) is -11.6. The van der Waals surface area contributed by atoms with E-state index in [9.17, 15) is 26.2 Å². The molecule has 284 valence electrons. The third-order valence-corrected chi connectivity index (χ3v) is 14.3. The van der Waals surface area contributed by atoms with Crippen LogP contribution >= 0.6 is 7.75 Å². The van der Waals surface area contributed by atoms with Crippen LogP contribution in [0.1, 0.15) is 47.9 Å². The number of alkyl halides is 3. The van der Waals surface area contributed by atoms with Gasteiger partial charge in [-0.05, 0) is 119 Å². The van der Waals surface area contributed by atoms with Crippen molar-refractivity contribution in [3.8, 4) is 67.1 Å². The van der Waals surface area contributed by atoms with Gasteiger partial charge in [0.15, 0.2) is 0 Å². The van der Waals surface area contributed by atoms with Crippen molar-refractivity contribution in [2.45, 2.75) is 56.9 Å². The Morgan fingerprint density at radius 2 is 0.875 bits per heavy atom. The molecule has 9 rings (SSSR count). The van der Waals surface area contributed by atoms with Crippen LogP contribution in [0.15, 0.2) is 121 Å². The van der Waals surface area contributed by atoms with E-state index in [1.165, 1.54) is 4.49 Å². The van der Waals surface area contributed by atoms with Gasteiger partial charge in [0.05, 0.1) is 0 Å². The molecule has 0 radical (unpaired) electrons. The second-order valence-electron chi connectivity index (χ2n) is 14.6. The summed E-state index contributed by atoms with van der Waals surface area (Å²) in [6.45, 7) is 0. The van der Waals surface area contributed by atoms with Gasteiger partial charge in [-0.1, -0.05) is 114 Å².